The molecule has 0 aliphatic heterocycles. The first kappa shape index (κ1) is 14.1. The Labute approximate surface area is 130 Å². The van der Waals surface area contributed by atoms with Crippen LogP contribution in [0.25, 0.3) is 16.7 Å². The van der Waals surface area contributed by atoms with Crippen molar-refractivity contribution in [2.45, 2.75) is 6.92 Å². The number of aromatic nitrogens is 2. The van der Waals surface area contributed by atoms with E-state index in [-0.39, 0.29) is 0 Å². The molecule has 0 aliphatic rings. The Balaban J connectivity index is 2.30. The number of rotatable bonds is 3. The van der Waals surface area contributed by atoms with Crippen molar-refractivity contribution < 1.29 is 9.13 Å². The highest BCUT2D eigenvalue weighted by Crippen LogP contribution is 2.29. The van der Waals surface area contributed by atoms with Crippen LogP contribution in [0.2, 0.25) is 5.02 Å². The molecule has 0 fully saturated rings. The molecule has 3 nitrogen and oxygen atoms in total. The lowest BCUT2D eigenvalue weighted by molar-refractivity contribution is 0.343. The standard InChI is InChI=1S/C15H12ClFN2OS/c1-2-20-13-5-3-4-12-14(13)18-15(21)19(12)11-7-6-9(16)8-10(11)17/h3-8H,2H2,1H3,(H,18,21). The Morgan fingerprint density at radius 2 is 2.14 bits per heavy atom. The molecule has 0 amide bonds. The van der Waals surface area contributed by atoms with Crippen LogP contribution >= 0.6 is 23.8 Å². The van der Waals surface area contributed by atoms with Crippen molar-refractivity contribution in [1.29, 1.82) is 0 Å². The topological polar surface area (TPSA) is 29.9 Å². The van der Waals surface area contributed by atoms with Gasteiger partial charge in [0.25, 0.3) is 0 Å². The van der Waals surface area contributed by atoms with Gasteiger partial charge in [-0.25, -0.2) is 4.39 Å². The molecule has 0 aliphatic carbocycles. The molecule has 21 heavy (non-hydrogen) atoms. The number of nitrogens with one attached hydrogen (secondary N) is 1. The van der Waals surface area contributed by atoms with E-state index in [9.17, 15) is 4.39 Å². The van der Waals surface area contributed by atoms with E-state index in [2.05, 4.69) is 4.98 Å². The summed E-state index contributed by atoms with van der Waals surface area (Å²) in [6.45, 7) is 2.45. The zero-order valence-electron chi connectivity index (χ0n) is 11.2. The van der Waals surface area contributed by atoms with E-state index in [1.54, 1.807) is 16.7 Å². The molecule has 0 radical (unpaired) electrons. The van der Waals surface area contributed by atoms with E-state index in [1.165, 1.54) is 6.07 Å². The average molecular weight is 323 g/mol. The van der Waals surface area contributed by atoms with Crippen LogP contribution in [-0.2, 0) is 0 Å². The number of halogens is 2. The first-order valence-electron chi connectivity index (χ1n) is 6.43. The summed E-state index contributed by atoms with van der Waals surface area (Å²) in [5, 5.41) is 0.345. The van der Waals surface area contributed by atoms with E-state index < -0.39 is 5.82 Å². The van der Waals surface area contributed by atoms with Crippen molar-refractivity contribution in [1.82, 2.24) is 9.55 Å². The summed E-state index contributed by atoms with van der Waals surface area (Å²) in [5.41, 5.74) is 1.86. The molecule has 3 aromatic rings. The van der Waals surface area contributed by atoms with Crippen molar-refractivity contribution in [2.24, 2.45) is 0 Å². The zero-order chi connectivity index (χ0) is 15.0. The molecule has 6 heteroatoms. The van der Waals surface area contributed by atoms with Gasteiger partial charge in [-0.1, -0.05) is 17.7 Å². The van der Waals surface area contributed by atoms with Crippen LogP contribution in [0.5, 0.6) is 5.75 Å². The fourth-order valence-electron chi connectivity index (χ4n) is 2.28. The maximum atomic E-state index is 14.2. The molecule has 1 N–H and O–H groups in total. The van der Waals surface area contributed by atoms with E-state index in [0.29, 0.717) is 27.8 Å². The van der Waals surface area contributed by atoms with Crippen LogP contribution in [0, 0.1) is 10.6 Å². The van der Waals surface area contributed by atoms with Crippen molar-refractivity contribution >= 4 is 34.9 Å². The Bertz CT molecular complexity index is 872. The normalized spacial score (nSPS) is 11.0. The van der Waals surface area contributed by atoms with E-state index in [4.69, 9.17) is 28.6 Å². The van der Waals surface area contributed by atoms with Gasteiger partial charge in [-0.05, 0) is 49.5 Å². The third-order valence-electron chi connectivity index (χ3n) is 3.13. The van der Waals surface area contributed by atoms with Gasteiger partial charge in [-0.2, -0.15) is 0 Å². The third-order valence-corrected chi connectivity index (χ3v) is 3.65. The molecule has 0 atom stereocenters. The van der Waals surface area contributed by atoms with Gasteiger partial charge in [-0.3, -0.25) is 4.57 Å². The molecule has 1 aromatic heterocycles. The number of fused-ring (bicyclic) bond motifs is 1. The number of aromatic amines is 1. The fourth-order valence-corrected chi connectivity index (χ4v) is 2.74. The number of para-hydroxylation sites is 1. The minimum Gasteiger partial charge on any atom is -0.492 e. The molecule has 1 heterocycles. The second-order valence-electron chi connectivity index (χ2n) is 4.44. The maximum Gasteiger partial charge on any atom is 0.182 e. The highest BCUT2D eigenvalue weighted by Gasteiger charge is 2.13. The predicted molar refractivity (Wildman–Crippen MR) is 84.6 cm³/mol. The monoisotopic (exact) mass is 322 g/mol. The van der Waals surface area contributed by atoms with Gasteiger partial charge in [0.1, 0.15) is 17.1 Å². The van der Waals surface area contributed by atoms with Crippen LogP contribution in [-0.4, -0.2) is 16.2 Å². The molecular weight excluding hydrogens is 311 g/mol. The summed E-state index contributed by atoms with van der Waals surface area (Å²) in [5.74, 6) is 0.260. The summed E-state index contributed by atoms with van der Waals surface area (Å²) in [7, 11) is 0. The quantitative estimate of drug-likeness (QED) is 0.696. The Morgan fingerprint density at radius 1 is 1.33 bits per heavy atom. The summed E-state index contributed by atoms with van der Waals surface area (Å²) in [4.78, 5) is 3.07. The SMILES string of the molecule is CCOc1cccc2c1[nH]c(=S)n2-c1ccc(Cl)cc1F. The van der Waals surface area contributed by atoms with Crippen molar-refractivity contribution in [3.8, 4) is 11.4 Å². The lowest BCUT2D eigenvalue weighted by Crippen LogP contribution is -1.98. The molecule has 0 unspecified atom stereocenters. The van der Waals surface area contributed by atoms with Crippen molar-refractivity contribution in [3.05, 3.63) is 52.0 Å². The smallest absolute Gasteiger partial charge is 0.182 e. The second kappa shape index (κ2) is 5.50. The molecule has 108 valence electrons. The Hall–Kier alpha value is -1.85. The fraction of sp³-hybridized carbons (Fsp3) is 0.133. The number of nitrogens with zero attached hydrogens (tertiary/aromatic N) is 1. The van der Waals surface area contributed by atoms with E-state index in [0.717, 1.165) is 11.0 Å². The zero-order valence-corrected chi connectivity index (χ0v) is 12.8. The van der Waals surface area contributed by atoms with Gasteiger partial charge in [-0.15, -0.1) is 0 Å². The minimum atomic E-state index is -0.429. The van der Waals surface area contributed by atoms with Crippen LogP contribution in [0.4, 0.5) is 4.39 Å². The van der Waals surface area contributed by atoms with Gasteiger partial charge in [0, 0.05) is 5.02 Å². The number of H-pyrrole nitrogens is 1. The lowest BCUT2D eigenvalue weighted by Gasteiger charge is -2.07. The second-order valence-corrected chi connectivity index (χ2v) is 5.27. The van der Waals surface area contributed by atoms with E-state index in [1.807, 2.05) is 25.1 Å². The number of imidazole rings is 1. The molecule has 2 aromatic carbocycles. The molecule has 3 rings (SSSR count). The number of hydrogen-bond acceptors (Lipinski definition) is 2. The van der Waals surface area contributed by atoms with Crippen LogP contribution in [0.1, 0.15) is 6.92 Å². The largest absolute Gasteiger partial charge is 0.492 e. The average Bonchev–Trinajstić information content (AvgIpc) is 2.77. The lowest BCUT2D eigenvalue weighted by atomic mass is 10.2. The van der Waals surface area contributed by atoms with Crippen molar-refractivity contribution in [2.75, 3.05) is 6.61 Å². The van der Waals surface area contributed by atoms with Gasteiger partial charge < -0.3 is 9.72 Å². The number of ether oxygens (including phenoxy) is 1. The third kappa shape index (κ3) is 2.43. The molecule has 0 spiro atoms. The molecule has 0 saturated heterocycles. The summed E-state index contributed by atoms with van der Waals surface area (Å²) >= 11 is 11.1. The first-order chi connectivity index (χ1) is 10.1. The predicted octanol–water partition coefficient (Wildman–Crippen LogP) is 4.88. The maximum absolute atomic E-state index is 14.2. The molecule has 0 saturated carbocycles. The van der Waals surface area contributed by atoms with Crippen molar-refractivity contribution in [3.63, 3.8) is 0 Å². The van der Waals surface area contributed by atoms with Gasteiger partial charge in [0.05, 0.1) is 17.8 Å². The minimum absolute atomic E-state index is 0.345. The molecular formula is C15H12ClFN2OS. The highest BCUT2D eigenvalue weighted by molar-refractivity contribution is 7.71. The van der Waals surface area contributed by atoms with Crippen LogP contribution in [0.3, 0.4) is 0 Å². The molecule has 0 bridgehead atoms. The Kier molecular flexibility index (Phi) is 3.69. The van der Waals surface area contributed by atoms with Gasteiger partial charge in [0.15, 0.2) is 4.77 Å². The first-order valence-corrected chi connectivity index (χ1v) is 7.22. The van der Waals surface area contributed by atoms with Gasteiger partial charge in [0.2, 0.25) is 0 Å². The number of hydrogen-bond donors (Lipinski definition) is 1. The Morgan fingerprint density at radius 3 is 2.86 bits per heavy atom. The van der Waals surface area contributed by atoms with E-state index >= 15 is 0 Å². The highest BCUT2D eigenvalue weighted by atomic mass is 35.5. The van der Waals surface area contributed by atoms with Crippen LogP contribution in [0.15, 0.2) is 36.4 Å². The summed E-state index contributed by atoms with van der Waals surface area (Å²) in [6.07, 6.45) is 0. The number of benzene rings is 2. The van der Waals surface area contributed by atoms with Gasteiger partial charge >= 0.3 is 0 Å². The summed E-state index contributed by atoms with van der Waals surface area (Å²) in [6, 6.07) is 10.1. The summed E-state index contributed by atoms with van der Waals surface area (Å²) < 4.78 is 21.8. The van der Waals surface area contributed by atoms with Crippen LogP contribution < -0.4 is 4.74 Å².